The highest BCUT2D eigenvalue weighted by atomic mass is 16.7. The molecule has 3 atom stereocenters. The molecule has 29 heavy (non-hydrogen) atoms. The number of ether oxygens (including phenoxy) is 3. The van der Waals surface area contributed by atoms with Crippen molar-refractivity contribution in [2.75, 3.05) is 13.2 Å². The van der Waals surface area contributed by atoms with Gasteiger partial charge in [-0.1, -0.05) is 55.6 Å². The molecule has 3 rings (SSSR count). The first-order chi connectivity index (χ1) is 14.0. The summed E-state index contributed by atoms with van der Waals surface area (Å²) in [7, 11) is 0. The predicted octanol–water partition coefficient (Wildman–Crippen LogP) is 3.09. The van der Waals surface area contributed by atoms with Crippen LogP contribution in [0.1, 0.15) is 18.9 Å². The molecule has 152 valence electrons. The van der Waals surface area contributed by atoms with Crippen LogP contribution in [-0.4, -0.2) is 48.3 Å². The lowest BCUT2D eigenvalue weighted by Gasteiger charge is -2.45. The first kappa shape index (κ1) is 20.4. The van der Waals surface area contributed by atoms with E-state index in [4.69, 9.17) is 14.2 Å². The van der Waals surface area contributed by atoms with Crippen molar-refractivity contribution < 1.29 is 28.6 Å². The lowest BCUT2D eigenvalue weighted by molar-refractivity contribution is -0.162. The summed E-state index contributed by atoms with van der Waals surface area (Å²) in [4.78, 5) is 38.7. The second-order valence-corrected chi connectivity index (χ2v) is 6.76. The van der Waals surface area contributed by atoms with Crippen molar-refractivity contribution in [3.8, 4) is 0 Å². The Morgan fingerprint density at radius 3 is 2.48 bits per heavy atom. The summed E-state index contributed by atoms with van der Waals surface area (Å²) in [6.45, 7) is 8.73. The van der Waals surface area contributed by atoms with Gasteiger partial charge in [-0.3, -0.25) is 4.79 Å². The topological polar surface area (TPSA) is 82.1 Å². The molecular weight excluding hydrogens is 374 g/mol. The number of esters is 1. The molecule has 1 aromatic rings. The molecule has 2 heterocycles. The van der Waals surface area contributed by atoms with Crippen LogP contribution in [0, 0.1) is 5.92 Å². The standard InChI is InChI=1S/C22H23NO6/c1-4-11-27-21(25)19-16(15-9-7-6-8-10-15)13-17-18(20(24)23(17)19)14(3)29-22(26)28-12-5-2/h4-10,14,17-18H,1-2,11-13H2,3H3/t14?,17-,18-/m1/s1. The van der Waals surface area contributed by atoms with Crippen molar-refractivity contribution in [3.63, 3.8) is 0 Å². The minimum atomic E-state index is -0.858. The Balaban J connectivity index is 1.82. The number of fused-ring (bicyclic) bond motifs is 1. The van der Waals surface area contributed by atoms with Gasteiger partial charge >= 0.3 is 12.1 Å². The Labute approximate surface area is 169 Å². The molecule has 1 aromatic carbocycles. The van der Waals surface area contributed by atoms with Gasteiger partial charge in [0, 0.05) is 0 Å². The number of hydrogen-bond donors (Lipinski definition) is 0. The van der Waals surface area contributed by atoms with Crippen molar-refractivity contribution >= 4 is 23.6 Å². The summed E-state index contributed by atoms with van der Waals surface area (Å²) < 4.78 is 15.3. The predicted molar refractivity (Wildman–Crippen MR) is 105 cm³/mol. The summed E-state index contributed by atoms with van der Waals surface area (Å²) in [5, 5.41) is 0. The zero-order chi connectivity index (χ0) is 21.0. The quantitative estimate of drug-likeness (QED) is 0.381. The Hall–Kier alpha value is -3.35. The van der Waals surface area contributed by atoms with E-state index in [0.29, 0.717) is 6.42 Å². The van der Waals surface area contributed by atoms with E-state index in [2.05, 4.69) is 13.2 Å². The normalized spacial score (nSPS) is 21.0. The van der Waals surface area contributed by atoms with Gasteiger partial charge in [0.15, 0.2) is 0 Å². The lowest BCUT2D eigenvalue weighted by atomic mass is 9.82. The smallest absolute Gasteiger partial charge is 0.457 e. The van der Waals surface area contributed by atoms with Crippen LogP contribution in [0.5, 0.6) is 0 Å². The molecule has 1 unspecified atom stereocenters. The van der Waals surface area contributed by atoms with E-state index >= 15 is 0 Å². The van der Waals surface area contributed by atoms with Crippen LogP contribution in [0.2, 0.25) is 0 Å². The SMILES string of the molecule is C=CCOC(=O)OC(C)[C@H]1C(=O)N2C(C(=O)OCC=C)=C(c3ccccc3)C[C@H]12. The Bertz CT molecular complexity index is 859. The highest BCUT2D eigenvalue weighted by molar-refractivity contribution is 6.06. The van der Waals surface area contributed by atoms with E-state index < -0.39 is 24.1 Å². The second kappa shape index (κ2) is 8.77. The van der Waals surface area contributed by atoms with Crippen LogP contribution in [0.15, 0.2) is 61.3 Å². The zero-order valence-corrected chi connectivity index (χ0v) is 16.2. The van der Waals surface area contributed by atoms with Gasteiger partial charge in [-0.2, -0.15) is 0 Å². The van der Waals surface area contributed by atoms with Crippen molar-refractivity contribution in [2.24, 2.45) is 5.92 Å². The average molecular weight is 397 g/mol. The fraction of sp³-hybridized carbons (Fsp3) is 0.318. The monoisotopic (exact) mass is 397 g/mol. The molecule has 7 heteroatoms. The van der Waals surface area contributed by atoms with Crippen molar-refractivity contribution in [1.29, 1.82) is 0 Å². The van der Waals surface area contributed by atoms with Gasteiger partial charge in [-0.05, 0) is 24.5 Å². The number of rotatable bonds is 8. The van der Waals surface area contributed by atoms with E-state index in [1.165, 1.54) is 17.1 Å². The van der Waals surface area contributed by atoms with Gasteiger partial charge in [0.05, 0.1) is 12.0 Å². The molecule has 1 saturated heterocycles. The Kier molecular flexibility index (Phi) is 6.16. The molecule has 0 spiro atoms. The summed E-state index contributed by atoms with van der Waals surface area (Å²) in [5.41, 5.74) is 1.82. The number of hydrogen-bond acceptors (Lipinski definition) is 6. The fourth-order valence-corrected chi connectivity index (χ4v) is 3.73. The second-order valence-electron chi connectivity index (χ2n) is 6.76. The molecule has 2 aliphatic heterocycles. The van der Waals surface area contributed by atoms with Crippen LogP contribution in [0.3, 0.4) is 0 Å². The number of amides is 1. The highest BCUT2D eigenvalue weighted by Gasteiger charge is 2.58. The maximum atomic E-state index is 12.9. The third-order valence-electron chi connectivity index (χ3n) is 4.96. The minimum Gasteiger partial charge on any atom is -0.457 e. The molecule has 0 aromatic heterocycles. The van der Waals surface area contributed by atoms with E-state index in [9.17, 15) is 14.4 Å². The summed E-state index contributed by atoms with van der Waals surface area (Å²) in [6, 6.07) is 9.09. The van der Waals surface area contributed by atoms with Crippen LogP contribution in [-0.2, 0) is 23.8 Å². The van der Waals surface area contributed by atoms with Crippen molar-refractivity contribution in [1.82, 2.24) is 4.90 Å². The number of carbonyl (C=O) groups is 3. The minimum absolute atomic E-state index is 0.0265. The van der Waals surface area contributed by atoms with Crippen LogP contribution in [0.25, 0.3) is 5.57 Å². The lowest BCUT2D eigenvalue weighted by Crippen LogP contribution is -2.62. The van der Waals surface area contributed by atoms with Gasteiger partial charge in [0.2, 0.25) is 5.91 Å². The summed E-state index contributed by atoms with van der Waals surface area (Å²) in [5.74, 6) is -1.41. The van der Waals surface area contributed by atoms with Crippen molar-refractivity contribution in [2.45, 2.75) is 25.5 Å². The van der Waals surface area contributed by atoms with Gasteiger partial charge < -0.3 is 19.1 Å². The van der Waals surface area contributed by atoms with Crippen LogP contribution >= 0.6 is 0 Å². The number of carbonyl (C=O) groups excluding carboxylic acids is 3. The Morgan fingerprint density at radius 1 is 1.17 bits per heavy atom. The van der Waals surface area contributed by atoms with Gasteiger partial charge in [-0.25, -0.2) is 9.59 Å². The van der Waals surface area contributed by atoms with E-state index in [0.717, 1.165) is 11.1 Å². The van der Waals surface area contributed by atoms with Crippen molar-refractivity contribution in [3.05, 3.63) is 66.9 Å². The zero-order valence-electron chi connectivity index (χ0n) is 16.2. The molecule has 0 aliphatic carbocycles. The maximum absolute atomic E-state index is 12.9. The molecule has 0 saturated carbocycles. The van der Waals surface area contributed by atoms with E-state index in [-0.39, 0.29) is 30.9 Å². The number of β-lactam (4-membered cyclic amide) rings is 1. The highest BCUT2D eigenvalue weighted by Crippen LogP contribution is 2.47. The fourth-order valence-electron chi connectivity index (χ4n) is 3.73. The third-order valence-corrected chi connectivity index (χ3v) is 4.96. The third kappa shape index (κ3) is 3.94. The first-order valence-electron chi connectivity index (χ1n) is 9.33. The van der Waals surface area contributed by atoms with Crippen LogP contribution < -0.4 is 0 Å². The maximum Gasteiger partial charge on any atom is 0.508 e. The molecular formula is C22H23NO6. The van der Waals surface area contributed by atoms with Gasteiger partial charge in [0.25, 0.3) is 0 Å². The summed E-state index contributed by atoms with van der Waals surface area (Å²) >= 11 is 0. The largest absolute Gasteiger partial charge is 0.508 e. The van der Waals surface area contributed by atoms with E-state index in [1.807, 2.05) is 30.3 Å². The molecule has 0 radical (unpaired) electrons. The number of benzene rings is 1. The molecule has 0 bridgehead atoms. The Morgan fingerprint density at radius 2 is 1.83 bits per heavy atom. The first-order valence-corrected chi connectivity index (χ1v) is 9.33. The molecule has 0 N–H and O–H groups in total. The average Bonchev–Trinajstić information content (AvgIpc) is 3.06. The molecule has 2 aliphatic rings. The summed E-state index contributed by atoms with van der Waals surface area (Å²) in [6.07, 6.45) is 1.81. The number of nitrogens with zero attached hydrogens (tertiary/aromatic N) is 1. The van der Waals surface area contributed by atoms with E-state index in [1.54, 1.807) is 6.92 Å². The van der Waals surface area contributed by atoms with Crippen LogP contribution in [0.4, 0.5) is 4.79 Å². The molecule has 1 fully saturated rings. The van der Waals surface area contributed by atoms with Gasteiger partial charge in [0.1, 0.15) is 25.0 Å². The molecule has 7 nitrogen and oxygen atoms in total. The van der Waals surface area contributed by atoms with Gasteiger partial charge in [-0.15, -0.1) is 0 Å². The molecule has 1 amide bonds.